The van der Waals surface area contributed by atoms with Crippen molar-refractivity contribution in [2.24, 2.45) is 0 Å². The fourth-order valence-electron chi connectivity index (χ4n) is 2.19. The Morgan fingerprint density at radius 1 is 1.30 bits per heavy atom. The van der Waals surface area contributed by atoms with Gasteiger partial charge in [0.15, 0.2) is 5.69 Å². The van der Waals surface area contributed by atoms with Crippen LogP contribution < -0.4 is 0 Å². The second-order valence-corrected chi connectivity index (χ2v) is 12.6. The average Bonchev–Trinajstić information content (AvgIpc) is 2.87. The molecule has 1 heterocycles. The molecule has 1 N–H and O–H groups in total. The zero-order valence-corrected chi connectivity index (χ0v) is 15.2. The number of hydrogen-bond donors (Lipinski definition) is 1. The molecule has 0 unspecified atom stereocenters. The number of carboxylic acids is 1. The van der Waals surface area contributed by atoms with Crippen molar-refractivity contribution in [2.75, 3.05) is 6.61 Å². The first-order valence-corrected chi connectivity index (χ1v) is 11.4. The van der Waals surface area contributed by atoms with Gasteiger partial charge in [-0.2, -0.15) is 5.10 Å². The smallest absolute Gasteiger partial charge is 0.356 e. The summed E-state index contributed by atoms with van der Waals surface area (Å²) in [5.41, 5.74) is 2.86. The third-order valence-corrected chi connectivity index (χ3v) is 5.23. The van der Waals surface area contributed by atoms with E-state index in [1.807, 2.05) is 31.2 Å². The van der Waals surface area contributed by atoms with Gasteiger partial charge in [-0.15, -0.1) is 0 Å². The van der Waals surface area contributed by atoms with Crippen LogP contribution in [0.5, 0.6) is 0 Å². The van der Waals surface area contributed by atoms with E-state index in [0.29, 0.717) is 6.61 Å². The summed E-state index contributed by atoms with van der Waals surface area (Å²) >= 11 is 0. The summed E-state index contributed by atoms with van der Waals surface area (Å²) in [6.07, 6.45) is 0. The largest absolute Gasteiger partial charge is 0.476 e. The van der Waals surface area contributed by atoms with Crippen LogP contribution in [0.2, 0.25) is 25.7 Å². The number of rotatable bonds is 7. The Hall–Kier alpha value is -1.92. The van der Waals surface area contributed by atoms with Crippen LogP contribution >= 0.6 is 0 Å². The van der Waals surface area contributed by atoms with Crippen LogP contribution in [0.3, 0.4) is 0 Å². The minimum absolute atomic E-state index is 0.0373. The Bertz CT molecular complexity index is 689. The lowest BCUT2D eigenvalue weighted by atomic mass is 10.1. The number of hydrogen-bond acceptors (Lipinski definition) is 3. The summed E-state index contributed by atoms with van der Waals surface area (Å²) in [6.45, 7) is 9.83. The van der Waals surface area contributed by atoms with E-state index >= 15 is 0 Å². The number of aromatic nitrogens is 2. The minimum atomic E-state index is -1.14. The SMILES string of the molecule is Cc1cccc(-c2cc(C(=O)O)nn2COCC[Si](C)(C)C)c1. The monoisotopic (exact) mass is 332 g/mol. The maximum atomic E-state index is 11.2. The highest BCUT2D eigenvalue weighted by molar-refractivity contribution is 6.76. The van der Waals surface area contributed by atoms with Crippen LogP contribution in [0, 0.1) is 6.92 Å². The van der Waals surface area contributed by atoms with Gasteiger partial charge < -0.3 is 9.84 Å². The molecular formula is C17H24N2O3Si. The van der Waals surface area contributed by atoms with Crippen molar-refractivity contribution in [3.63, 3.8) is 0 Å². The van der Waals surface area contributed by atoms with E-state index in [-0.39, 0.29) is 12.4 Å². The molecule has 0 aliphatic heterocycles. The third kappa shape index (κ3) is 5.04. The number of aromatic carboxylic acids is 1. The lowest BCUT2D eigenvalue weighted by molar-refractivity contribution is 0.0673. The first-order chi connectivity index (χ1) is 10.8. The molecule has 0 atom stereocenters. The second-order valence-electron chi connectivity index (χ2n) is 6.94. The van der Waals surface area contributed by atoms with Crippen LogP contribution in [-0.4, -0.2) is 35.5 Å². The van der Waals surface area contributed by atoms with Gasteiger partial charge in [0.1, 0.15) is 6.73 Å². The van der Waals surface area contributed by atoms with Gasteiger partial charge in [-0.25, -0.2) is 9.48 Å². The normalized spacial score (nSPS) is 11.7. The third-order valence-electron chi connectivity index (χ3n) is 3.52. The highest BCUT2D eigenvalue weighted by atomic mass is 28.3. The van der Waals surface area contributed by atoms with Crippen LogP contribution in [0.15, 0.2) is 30.3 Å². The summed E-state index contributed by atoms with van der Waals surface area (Å²) in [7, 11) is -1.14. The van der Waals surface area contributed by atoms with E-state index < -0.39 is 14.0 Å². The van der Waals surface area contributed by atoms with Crippen molar-refractivity contribution in [3.8, 4) is 11.3 Å². The predicted molar refractivity (Wildman–Crippen MR) is 93.5 cm³/mol. The lowest BCUT2D eigenvalue weighted by Gasteiger charge is -2.16. The molecule has 6 heteroatoms. The standard InChI is InChI=1S/C17H24N2O3Si/c1-13-6-5-7-14(10-13)16-11-15(17(20)21)18-19(16)12-22-8-9-23(2,3)4/h5-7,10-11H,8-9,12H2,1-4H3,(H,20,21). The highest BCUT2D eigenvalue weighted by Crippen LogP contribution is 2.22. The van der Waals surface area contributed by atoms with Gasteiger partial charge in [0.05, 0.1) is 5.69 Å². The summed E-state index contributed by atoms with van der Waals surface area (Å²) < 4.78 is 7.35. The molecule has 0 aliphatic rings. The van der Waals surface area contributed by atoms with Crippen molar-refractivity contribution >= 4 is 14.0 Å². The molecule has 0 spiro atoms. The minimum Gasteiger partial charge on any atom is -0.476 e. The zero-order valence-electron chi connectivity index (χ0n) is 14.2. The maximum Gasteiger partial charge on any atom is 0.356 e. The zero-order chi connectivity index (χ0) is 17.0. The Labute approximate surface area is 137 Å². The molecule has 23 heavy (non-hydrogen) atoms. The second kappa shape index (κ2) is 7.10. The van der Waals surface area contributed by atoms with E-state index in [1.165, 1.54) is 0 Å². The van der Waals surface area contributed by atoms with E-state index in [9.17, 15) is 9.90 Å². The first-order valence-electron chi connectivity index (χ1n) is 7.72. The van der Waals surface area contributed by atoms with E-state index in [2.05, 4.69) is 24.7 Å². The van der Waals surface area contributed by atoms with E-state index in [0.717, 1.165) is 22.9 Å². The summed E-state index contributed by atoms with van der Waals surface area (Å²) in [5, 5.41) is 13.3. The van der Waals surface area contributed by atoms with Gasteiger partial charge in [-0.3, -0.25) is 0 Å². The highest BCUT2D eigenvalue weighted by Gasteiger charge is 2.16. The lowest BCUT2D eigenvalue weighted by Crippen LogP contribution is -2.22. The number of aryl methyl sites for hydroxylation is 1. The van der Waals surface area contributed by atoms with Crippen molar-refractivity contribution < 1.29 is 14.6 Å². The number of benzene rings is 1. The molecule has 2 rings (SSSR count). The number of ether oxygens (including phenoxy) is 1. The van der Waals surface area contributed by atoms with Crippen LogP contribution in [0.1, 0.15) is 16.1 Å². The molecule has 0 fully saturated rings. The predicted octanol–water partition coefficient (Wildman–Crippen LogP) is 3.87. The molecule has 0 bridgehead atoms. The summed E-state index contributed by atoms with van der Waals surface area (Å²) in [4.78, 5) is 11.2. The van der Waals surface area contributed by atoms with Gasteiger partial charge in [0.2, 0.25) is 0 Å². The van der Waals surface area contributed by atoms with Crippen LogP contribution in [0.4, 0.5) is 0 Å². The number of carboxylic acid groups (broad SMARTS) is 1. The first kappa shape index (κ1) is 17.4. The summed E-state index contributed by atoms with van der Waals surface area (Å²) in [5.74, 6) is -1.03. The molecule has 0 saturated carbocycles. The average molecular weight is 332 g/mol. The van der Waals surface area contributed by atoms with E-state index in [4.69, 9.17) is 4.74 Å². The van der Waals surface area contributed by atoms with Crippen molar-refractivity contribution in [2.45, 2.75) is 39.3 Å². The van der Waals surface area contributed by atoms with Gasteiger partial charge in [0, 0.05) is 20.2 Å². The summed E-state index contributed by atoms with van der Waals surface area (Å²) in [6, 6.07) is 10.6. The molecular weight excluding hydrogens is 308 g/mol. The molecule has 5 nitrogen and oxygen atoms in total. The molecule has 2 aromatic rings. The van der Waals surface area contributed by atoms with E-state index in [1.54, 1.807) is 10.7 Å². The number of carbonyl (C=O) groups is 1. The maximum absolute atomic E-state index is 11.2. The van der Waals surface area contributed by atoms with Crippen LogP contribution in [-0.2, 0) is 11.5 Å². The molecule has 0 radical (unpaired) electrons. The van der Waals surface area contributed by atoms with Gasteiger partial charge >= 0.3 is 5.97 Å². The Kier molecular flexibility index (Phi) is 5.38. The molecule has 0 saturated heterocycles. The fraction of sp³-hybridized carbons (Fsp3) is 0.412. The van der Waals surface area contributed by atoms with Gasteiger partial charge in [-0.05, 0) is 25.1 Å². The van der Waals surface area contributed by atoms with Crippen LogP contribution in [0.25, 0.3) is 11.3 Å². The molecule has 0 amide bonds. The Morgan fingerprint density at radius 3 is 2.65 bits per heavy atom. The van der Waals surface area contributed by atoms with Crippen molar-refractivity contribution in [1.29, 1.82) is 0 Å². The van der Waals surface area contributed by atoms with Crippen molar-refractivity contribution in [3.05, 3.63) is 41.6 Å². The number of nitrogens with zero attached hydrogens (tertiary/aromatic N) is 2. The molecule has 0 aliphatic carbocycles. The molecule has 1 aromatic carbocycles. The quantitative estimate of drug-likeness (QED) is 0.617. The van der Waals surface area contributed by atoms with Gasteiger partial charge in [0.25, 0.3) is 0 Å². The van der Waals surface area contributed by atoms with Gasteiger partial charge in [-0.1, -0.05) is 43.4 Å². The topological polar surface area (TPSA) is 64.3 Å². The molecule has 124 valence electrons. The molecule has 1 aromatic heterocycles. The van der Waals surface area contributed by atoms with Crippen molar-refractivity contribution in [1.82, 2.24) is 9.78 Å². The Balaban J connectivity index is 2.19. The Morgan fingerprint density at radius 2 is 2.04 bits per heavy atom. The fourth-order valence-corrected chi connectivity index (χ4v) is 2.94.